The SMILES string of the molecule is CC(=O)c1c[nH]c(C(=O)N2CCC[C@H]2c2ccc(C)cc2)c1. The highest BCUT2D eigenvalue weighted by Gasteiger charge is 2.31. The zero-order chi connectivity index (χ0) is 15.7. The van der Waals surface area contributed by atoms with Crippen molar-refractivity contribution in [1.82, 2.24) is 9.88 Å². The monoisotopic (exact) mass is 296 g/mol. The van der Waals surface area contributed by atoms with Crippen LogP contribution in [0.25, 0.3) is 0 Å². The second-order valence-corrected chi connectivity index (χ2v) is 5.93. The van der Waals surface area contributed by atoms with Gasteiger partial charge in [-0.15, -0.1) is 0 Å². The number of aromatic amines is 1. The predicted octanol–water partition coefficient (Wildman–Crippen LogP) is 3.50. The van der Waals surface area contributed by atoms with Crippen LogP contribution in [0.5, 0.6) is 0 Å². The lowest BCUT2D eigenvalue weighted by molar-refractivity contribution is 0.0730. The number of aryl methyl sites for hydroxylation is 1. The number of benzene rings is 1. The third-order valence-corrected chi connectivity index (χ3v) is 4.30. The van der Waals surface area contributed by atoms with Crippen LogP contribution in [-0.2, 0) is 0 Å². The lowest BCUT2D eigenvalue weighted by Gasteiger charge is -2.24. The molecule has 1 aliphatic rings. The van der Waals surface area contributed by atoms with Crippen molar-refractivity contribution in [3.8, 4) is 0 Å². The van der Waals surface area contributed by atoms with Gasteiger partial charge in [0.1, 0.15) is 5.69 Å². The molecule has 4 heteroatoms. The molecular formula is C18H20N2O2. The molecule has 4 nitrogen and oxygen atoms in total. The van der Waals surface area contributed by atoms with Crippen molar-refractivity contribution in [3.63, 3.8) is 0 Å². The third kappa shape index (κ3) is 2.69. The highest BCUT2D eigenvalue weighted by Crippen LogP contribution is 2.33. The van der Waals surface area contributed by atoms with E-state index in [1.165, 1.54) is 18.1 Å². The molecule has 0 bridgehead atoms. The molecule has 1 N–H and O–H groups in total. The van der Waals surface area contributed by atoms with Crippen molar-refractivity contribution in [1.29, 1.82) is 0 Å². The molecule has 114 valence electrons. The summed E-state index contributed by atoms with van der Waals surface area (Å²) in [6, 6.07) is 10.1. The van der Waals surface area contributed by atoms with E-state index in [1.807, 2.05) is 4.90 Å². The number of Topliss-reactive ketones (excluding diaryl/α,β-unsaturated/α-hetero) is 1. The second kappa shape index (κ2) is 5.79. The first-order valence-electron chi connectivity index (χ1n) is 7.63. The van der Waals surface area contributed by atoms with Crippen molar-refractivity contribution in [2.45, 2.75) is 32.7 Å². The summed E-state index contributed by atoms with van der Waals surface area (Å²) < 4.78 is 0. The molecule has 22 heavy (non-hydrogen) atoms. The van der Waals surface area contributed by atoms with Gasteiger partial charge >= 0.3 is 0 Å². The number of nitrogens with zero attached hydrogens (tertiary/aromatic N) is 1. The van der Waals surface area contributed by atoms with Crippen molar-refractivity contribution in [3.05, 3.63) is 58.9 Å². The maximum absolute atomic E-state index is 12.7. The van der Waals surface area contributed by atoms with Gasteiger partial charge in [0.25, 0.3) is 5.91 Å². The average molecular weight is 296 g/mol. The van der Waals surface area contributed by atoms with Crippen molar-refractivity contribution in [2.75, 3.05) is 6.54 Å². The smallest absolute Gasteiger partial charge is 0.270 e. The van der Waals surface area contributed by atoms with Gasteiger partial charge in [-0.2, -0.15) is 0 Å². The first-order valence-corrected chi connectivity index (χ1v) is 7.63. The Kier molecular flexibility index (Phi) is 3.84. The topological polar surface area (TPSA) is 53.2 Å². The van der Waals surface area contributed by atoms with Crippen LogP contribution >= 0.6 is 0 Å². The van der Waals surface area contributed by atoms with Crippen molar-refractivity contribution >= 4 is 11.7 Å². The van der Waals surface area contributed by atoms with E-state index in [2.05, 4.69) is 36.2 Å². The Hall–Kier alpha value is -2.36. The second-order valence-electron chi connectivity index (χ2n) is 5.93. The minimum atomic E-state index is -0.0354. The first-order chi connectivity index (χ1) is 10.6. The molecule has 1 saturated heterocycles. The van der Waals surface area contributed by atoms with Crippen LogP contribution in [0, 0.1) is 6.92 Å². The Morgan fingerprint density at radius 1 is 1.23 bits per heavy atom. The standard InChI is InChI=1S/C18H20N2O2/c1-12-5-7-14(8-6-12)17-4-3-9-20(17)18(22)16-10-15(11-19-16)13(2)21/h5-8,10-11,17,19H,3-4,9H2,1-2H3/t17-/m0/s1. The normalized spacial score (nSPS) is 17.7. The van der Waals surface area contributed by atoms with E-state index in [-0.39, 0.29) is 17.7 Å². The quantitative estimate of drug-likeness (QED) is 0.881. The van der Waals surface area contributed by atoms with Gasteiger partial charge in [0.15, 0.2) is 5.78 Å². The van der Waals surface area contributed by atoms with Crippen LogP contribution in [0.4, 0.5) is 0 Å². The number of nitrogens with one attached hydrogen (secondary N) is 1. The minimum Gasteiger partial charge on any atom is -0.356 e. The third-order valence-electron chi connectivity index (χ3n) is 4.30. The molecule has 1 aliphatic heterocycles. The zero-order valence-electron chi connectivity index (χ0n) is 12.9. The summed E-state index contributed by atoms with van der Waals surface area (Å²) in [6.45, 7) is 4.32. The molecule has 2 heterocycles. The van der Waals surface area contributed by atoms with Gasteiger partial charge in [-0.1, -0.05) is 29.8 Å². The van der Waals surface area contributed by atoms with Crippen molar-refractivity contribution < 1.29 is 9.59 Å². The highest BCUT2D eigenvalue weighted by atomic mass is 16.2. The highest BCUT2D eigenvalue weighted by molar-refractivity contribution is 5.99. The molecule has 0 aliphatic carbocycles. The maximum Gasteiger partial charge on any atom is 0.270 e. The molecule has 1 aromatic heterocycles. The van der Waals surface area contributed by atoms with Crippen LogP contribution < -0.4 is 0 Å². The Balaban J connectivity index is 1.84. The summed E-state index contributed by atoms with van der Waals surface area (Å²) in [6.07, 6.45) is 3.59. The van der Waals surface area contributed by atoms with E-state index < -0.39 is 0 Å². The number of carbonyl (C=O) groups is 2. The molecular weight excluding hydrogens is 276 g/mol. The van der Waals surface area contributed by atoms with Crippen LogP contribution in [0.15, 0.2) is 36.5 Å². The summed E-state index contributed by atoms with van der Waals surface area (Å²) >= 11 is 0. The molecule has 0 unspecified atom stereocenters. The van der Waals surface area contributed by atoms with Gasteiger partial charge in [0.05, 0.1) is 6.04 Å². The van der Waals surface area contributed by atoms with Crippen LogP contribution in [0.1, 0.15) is 57.8 Å². The summed E-state index contributed by atoms with van der Waals surface area (Å²) in [4.78, 5) is 28.9. The molecule has 0 spiro atoms. The van der Waals surface area contributed by atoms with Gasteiger partial charge in [-0.25, -0.2) is 0 Å². The van der Waals surface area contributed by atoms with Gasteiger partial charge in [0, 0.05) is 18.3 Å². The lowest BCUT2D eigenvalue weighted by Crippen LogP contribution is -2.30. The minimum absolute atomic E-state index is 0.0319. The maximum atomic E-state index is 12.7. The van der Waals surface area contributed by atoms with E-state index in [1.54, 1.807) is 12.3 Å². The number of ketones is 1. The van der Waals surface area contributed by atoms with Crippen molar-refractivity contribution in [2.24, 2.45) is 0 Å². The fourth-order valence-electron chi connectivity index (χ4n) is 3.02. The number of H-pyrrole nitrogens is 1. The molecule has 1 aromatic carbocycles. The average Bonchev–Trinajstić information content (AvgIpc) is 3.17. The number of carbonyl (C=O) groups excluding carboxylic acids is 2. The molecule has 1 amide bonds. The van der Waals surface area contributed by atoms with Gasteiger partial charge in [0.2, 0.25) is 0 Å². The molecule has 1 fully saturated rings. The van der Waals surface area contributed by atoms with E-state index >= 15 is 0 Å². The number of likely N-dealkylation sites (tertiary alicyclic amines) is 1. The number of hydrogen-bond donors (Lipinski definition) is 1. The van der Waals surface area contributed by atoms with E-state index in [4.69, 9.17) is 0 Å². The van der Waals surface area contributed by atoms with Crippen LogP contribution in [-0.4, -0.2) is 28.1 Å². The molecule has 3 rings (SSSR count). The first kappa shape index (κ1) is 14.6. The number of aromatic nitrogens is 1. The summed E-state index contributed by atoms with van der Waals surface area (Å²) in [7, 11) is 0. The van der Waals surface area contributed by atoms with Crippen LogP contribution in [0.2, 0.25) is 0 Å². The summed E-state index contributed by atoms with van der Waals surface area (Å²) in [5, 5.41) is 0. The van der Waals surface area contributed by atoms with E-state index in [0.717, 1.165) is 19.4 Å². The van der Waals surface area contributed by atoms with E-state index in [0.29, 0.717) is 11.3 Å². The summed E-state index contributed by atoms with van der Waals surface area (Å²) in [5.74, 6) is -0.0672. The Morgan fingerprint density at radius 3 is 2.59 bits per heavy atom. The Bertz CT molecular complexity index is 700. The number of amides is 1. The fraction of sp³-hybridized carbons (Fsp3) is 0.333. The zero-order valence-corrected chi connectivity index (χ0v) is 12.9. The Labute approximate surface area is 130 Å². The lowest BCUT2D eigenvalue weighted by atomic mass is 10.0. The molecule has 2 aromatic rings. The van der Waals surface area contributed by atoms with Gasteiger partial charge < -0.3 is 9.88 Å². The van der Waals surface area contributed by atoms with Crippen LogP contribution in [0.3, 0.4) is 0 Å². The molecule has 0 radical (unpaired) electrons. The largest absolute Gasteiger partial charge is 0.356 e. The Morgan fingerprint density at radius 2 is 1.95 bits per heavy atom. The molecule has 0 saturated carbocycles. The predicted molar refractivity (Wildman–Crippen MR) is 85.0 cm³/mol. The van der Waals surface area contributed by atoms with Gasteiger partial charge in [-0.05, 0) is 38.3 Å². The van der Waals surface area contributed by atoms with Gasteiger partial charge in [-0.3, -0.25) is 9.59 Å². The van der Waals surface area contributed by atoms with E-state index in [9.17, 15) is 9.59 Å². The number of rotatable bonds is 3. The summed E-state index contributed by atoms with van der Waals surface area (Å²) in [5.41, 5.74) is 3.43. The molecule has 1 atom stereocenters. The number of hydrogen-bond acceptors (Lipinski definition) is 2. The fourth-order valence-corrected chi connectivity index (χ4v) is 3.02.